The van der Waals surface area contributed by atoms with Gasteiger partial charge in [0.15, 0.2) is 6.61 Å². The molecule has 0 spiro atoms. The number of carbonyl (C=O) groups is 2. The predicted molar refractivity (Wildman–Crippen MR) is 93.3 cm³/mol. The summed E-state index contributed by atoms with van der Waals surface area (Å²) in [5.41, 5.74) is 6.72. The van der Waals surface area contributed by atoms with Gasteiger partial charge in [-0.15, -0.1) is 0 Å². The second-order valence-corrected chi connectivity index (χ2v) is 5.81. The molecule has 0 fully saturated rings. The molecule has 0 saturated heterocycles. The molecule has 1 aliphatic rings. The summed E-state index contributed by atoms with van der Waals surface area (Å²) in [6, 6.07) is 16.1. The van der Waals surface area contributed by atoms with Crippen LogP contribution in [0.4, 0.5) is 0 Å². The third kappa shape index (κ3) is 3.15. The quantitative estimate of drug-likeness (QED) is 0.518. The Morgan fingerprint density at radius 1 is 1.12 bits per heavy atom. The summed E-state index contributed by atoms with van der Waals surface area (Å²) in [4.78, 5) is 24.8. The summed E-state index contributed by atoms with van der Waals surface area (Å²) in [5.74, 6) is -0.801. The first-order valence-electron chi connectivity index (χ1n) is 7.95. The molecule has 2 aromatic carbocycles. The van der Waals surface area contributed by atoms with E-state index in [2.05, 4.69) is 0 Å². The van der Waals surface area contributed by atoms with E-state index in [1.165, 1.54) is 6.92 Å². The second kappa shape index (κ2) is 7.11. The van der Waals surface area contributed by atoms with Gasteiger partial charge in [0.1, 0.15) is 29.1 Å². The minimum atomic E-state index is -0.711. The van der Waals surface area contributed by atoms with E-state index in [0.717, 1.165) is 0 Å². The Labute approximate surface area is 150 Å². The summed E-state index contributed by atoms with van der Waals surface area (Å²) in [7, 11) is 0. The minimum absolute atomic E-state index is 0.0929. The molecule has 0 unspecified atom stereocenters. The van der Waals surface area contributed by atoms with E-state index in [1.54, 1.807) is 42.5 Å². The zero-order valence-electron chi connectivity index (χ0n) is 14.1. The Bertz CT molecular complexity index is 907. The number of ether oxygens (including phenoxy) is 2. The number of hydrogen-bond acceptors (Lipinski definition) is 6. The lowest BCUT2D eigenvalue weighted by atomic mass is 9.88. The fourth-order valence-corrected chi connectivity index (χ4v) is 2.83. The fourth-order valence-electron chi connectivity index (χ4n) is 2.83. The van der Waals surface area contributed by atoms with Gasteiger partial charge in [0, 0.05) is 16.8 Å². The molecule has 1 heterocycles. The molecule has 0 bridgehead atoms. The normalized spacial score (nSPS) is 13.4. The maximum Gasteiger partial charge on any atom is 0.318 e. The van der Waals surface area contributed by atoms with Crippen molar-refractivity contribution >= 4 is 11.8 Å². The molecule has 0 amide bonds. The average Bonchev–Trinajstić information content (AvgIpc) is 2.64. The lowest BCUT2D eigenvalue weighted by Gasteiger charge is -2.26. The van der Waals surface area contributed by atoms with Gasteiger partial charge in [0.2, 0.25) is 5.78 Å². The van der Waals surface area contributed by atoms with Crippen molar-refractivity contribution in [1.29, 1.82) is 5.26 Å². The number of esters is 1. The Morgan fingerprint density at radius 3 is 2.15 bits per heavy atom. The predicted octanol–water partition coefficient (Wildman–Crippen LogP) is 2.79. The van der Waals surface area contributed by atoms with Crippen LogP contribution < -0.4 is 10.5 Å². The molecule has 0 saturated carbocycles. The highest BCUT2D eigenvalue weighted by Gasteiger charge is 2.34. The molecular formula is C20H16N2O4. The molecule has 0 aromatic heterocycles. The number of carbonyl (C=O) groups excluding carboxylic acids is 2. The number of hydrogen-bond donors (Lipinski definition) is 1. The van der Waals surface area contributed by atoms with Gasteiger partial charge in [0.05, 0.1) is 0 Å². The zero-order chi connectivity index (χ0) is 18.7. The van der Waals surface area contributed by atoms with Crippen LogP contribution in [0, 0.1) is 11.3 Å². The van der Waals surface area contributed by atoms with E-state index in [-0.39, 0.29) is 11.3 Å². The largest absolute Gasteiger partial charge is 0.457 e. The van der Waals surface area contributed by atoms with E-state index in [0.29, 0.717) is 22.6 Å². The lowest BCUT2D eigenvalue weighted by molar-refractivity contribution is -0.147. The maximum absolute atomic E-state index is 12.7. The second-order valence-electron chi connectivity index (χ2n) is 5.81. The van der Waals surface area contributed by atoms with E-state index in [9.17, 15) is 9.59 Å². The number of rotatable bonds is 4. The third-order valence-electron chi connectivity index (χ3n) is 4.05. The molecule has 26 heavy (non-hydrogen) atoms. The van der Waals surface area contributed by atoms with Crippen molar-refractivity contribution in [1.82, 2.24) is 0 Å². The summed E-state index contributed by atoms with van der Waals surface area (Å²) >= 11 is 0. The van der Waals surface area contributed by atoms with E-state index in [4.69, 9.17) is 20.5 Å². The van der Waals surface area contributed by atoms with Crippen molar-refractivity contribution in [2.45, 2.75) is 12.8 Å². The average molecular weight is 348 g/mol. The maximum atomic E-state index is 12.7. The number of allylic oxidation sites excluding steroid dienone is 1. The van der Waals surface area contributed by atoms with Gasteiger partial charge in [-0.2, -0.15) is 5.26 Å². The van der Waals surface area contributed by atoms with Crippen molar-refractivity contribution < 1.29 is 19.1 Å². The Kier molecular flexibility index (Phi) is 4.72. The summed E-state index contributed by atoms with van der Waals surface area (Å²) in [6.07, 6.45) is 0. The van der Waals surface area contributed by atoms with Gasteiger partial charge in [-0.05, 0) is 19.1 Å². The van der Waals surface area contributed by atoms with Crippen molar-refractivity contribution in [2.75, 3.05) is 6.61 Å². The van der Waals surface area contributed by atoms with Gasteiger partial charge in [-0.3, -0.25) is 9.59 Å². The summed E-state index contributed by atoms with van der Waals surface area (Å²) < 4.78 is 11.0. The number of nitrogens with zero attached hydrogens (tertiary/aromatic N) is 1. The Hall–Kier alpha value is -3.59. The number of nitrogens with two attached hydrogens (primary N) is 1. The first kappa shape index (κ1) is 17.2. The smallest absolute Gasteiger partial charge is 0.318 e. The SMILES string of the molecule is C/C(N)=C(/C#N)C(=O)COC(=O)C1c2ccccc2Oc2ccccc21. The molecule has 2 aromatic rings. The van der Waals surface area contributed by atoms with Gasteiger partial charge < -0.3 is 15.2 Å². The third-order valence-corrected chi connectivity index (χ3v) is 4.05. The van der Waals surface area contributed by atoms with Gasteiger partial charge in [-0.25, -0.2) is 0 Å². The van der Waals surface area contributed by atoms with Crippen LogP contribution >= 0.6 is 0 Å². The summed E-state index contributed by atoms with van der Waals surface area (Å²) in [5, 5.41) is 8.98. The molecule has 0 aliphatic carbocycles. The highest BCUT2D eigenvalue weighted by molar-refractivity contribution is 6.01. The number of benzene rings is 2. The highest BCUT2D eigenvalue weighted by atomic mass is 16.5. The summed E-state index contributed by atoms with van der Waals surface area (Å²) in [6.45, 7) is 0.904. The van der Waals surface area contributed by atoms with Crippen LogP contribution in [0.15, 0.2) is 59.8 Å². The van der Waals surface area contributed by atoms with Crippen LogP contribution in [0.5, 0.6) is 11.5 Å². The van der Waals surface area contributed by atoms with Crippen LogP contribution in [-0.2, 0) is 14.3 Å². The van der Waals surface area contributed by atoms with Gasteiger partial charge in [-0.1, -0.05) is 36.4 Å². The molecule has 0 radical (unpaired) electrons. The molecule has 3 rings (SSSR count). The first-order valence-corrected chi connectivity index (χ1v) is 7.95. The topological polar surface area (TPSA) is 102 Å². The van der Waals surface area contributed by atoms with Crippen molar-refractivity contribution in [2.24, 2.45) is 5.73 Å². The fraction of sp³-hybridized carbons (Fsp3) is 0.150. The number of Topliss-reactive ketones (excluding diaryl/α,β-unsaturated/α-hetero) is 1. The van der Waals surface area contributed by atoms with Crippen molar-refractivity contribution in [3.63, 3.8) is 0 Å². The number of ketones is 1. The van der Waals surface area contributed by atoms with Crippen LogP contribution in [0.2, 0.25) is 0 Å². The molecular weight excluding hydrogens is 332 g/mol. The minimum Gasteiger partial charge on any atom is -0.457 e. The van der Waals surface area contributed by atoms with Crippen molar-refractivity contribution in [3.8, 4) is 17.6 Å². The highest BCUT2D eigenvalue weighted by Crippen LogP contribution is 2.44. The lowest BCUT2D eigenvalue weighted by Crippen LogP contribution is -2.24. The number of nitriles is 1. The number of fused-ring (bicyclic) bond motifs is 2. The van der Waals surface area contributed by atoms with Crippen molar-refractivity contribution in [3.05, 3.63) is 70.9 Å². The monoisotopic (exact) mass is 348 g/mol. The Morgan fingerprint density at radius 2 is 1.65 bits per heavy atom. The van der Waals surface area contributed by atoms with Crippen LogP contribution in [-0.4, -0.2) is 18.4 Å². The Balaban J connectivity index is 1.87. The van der Waals surface area contributed by atoms with E-state index < -0.39 is 24.3 Å². The standard InChI is InChI=1S/C20H16N2O4/c1-12(22)15(10-21)16(23)11-25-20(24)19-13-6-2-4-8-17(13)26-18-9-5-3-7-14(18)19/h2-9,19H,11,22H2,1H3/b15-12+. The van der Waals surface area contributed by atoms with E-state index in [1.807, 2.05) is 12.1 Å². The molecule has 0 atom stereocenters. The van der Waals surface area contributed by atoms with Crippen LogP contribution in [0.1, 0.15) is 24.0 Å². The number of para-hydroxylation sites is 2. The van der Waals surface area contributed by atoms with Gasteiger partial charge >= 0.3 is 5.97 Å². The molecule has 1 aliphatic heterocycles. The van der Waals surface area contributed by atoms with E-state index >= 15 is 0 Å². The first-order chi connectivity index (χ1) is 12.5. The molecule has 2 N–H and O–H groups in total. The van der Waals surface area contributed by atoms with Crippen LogP contribution in [0.3, 0.4) is 0 Å². The molecule has 130 valence electrons. The zero-order valence-corrected chi connectivity index (χ0v) is 14.1. The van der Waals surface area contributed by atoms with Crippen LogP contribution in [0.25, 0.3) is 0 Å². The molecule has 6 heteroatoms. The van der Waals surface area contributed by atoms with Gasteiger partial charge in [0.25, 0.3) is 0 Å². The molecule has 6 nitrogen and oxygen atoms in total.